The number of hydrogen-bond donors (Lipinski definition) is 1. The van der Waals surface area contributed by atoms with E-state index in [1.807, 2.05) is 0 Å². The highest BCUT2D eigenvalue weighted by Gasteiger charge is 2.32. The standard InChI is InChI=1S/C14H30N2/c1-6-8-13(11-15-14(3,4)5)16(7-2)12-9-10-12/h12-13,15H,6-11H2,1-5H3. The summed E-state index contributed by atoms with van der Waals surface area (Å²) >= 11 is 0. The summed E-state index contributed by atoms with van der Waals surface area (Å²) in [6.45, 7) is 13.7. The molecule has 0 radical (unpaired) electrons. The van der Waals surface area contributed by atoms with Gasteiger partial charge in [0.1, 0.15) is 0 Å². The van der Waals surface area contributed by atoms with E-state index in [-0.39, 0.29) is 5.54 Å². The second kappa shape index (κ2) is 6.02. The van der Waals surface area contributed by atoms with Crippen molar-refractivity contribution in [2.75, 3.05) is 13.1 Å². The third-order valence-electron chi connectivity index (χ3n) is 3.34. The van der Waals surface area contributed by atoms with Crippen molar-refractivity contribution in [3.8, 4) is 0 Å². The van der Waals surface area contributed by atoms with E-state index < -0.39 is 0 Å². The van der Waals surface area contributed by atoms with Crippen LogP contribution in [0.1, 0.15) is 60.3 Å². The van der Waals surface area contributed by atoms with Gasteiger partial charge in [-0.05, 0) is 46.6 Å². The van der Waals surface area contributed by atoms with E-state index in [4.69, 9.17) is 0 Å². The largest absolute Gasteiger partial charge is 0.311 e. The van der Waals surface area contributed by atoms with Gasteiger partial charge in [0.2, 0.25) is 0 Å². The summed E-state index contributed by atoms with van der Waals surface area (Å²) < 4.78 is 0. The Kier molecular flexibility index (Phi) is 5.26. The molecule has 1 atom stereocenters. The van der Waals surface area contributed by atoms with Crippen molar-refractivity contribution < 1.29 is 0 Å². The second-order valence-corrected chi connectivity index (χ2v) is 6.14. The molecule has 0 aromatic heterocycles. The van der Waals surface area contributed by atoms with Gasteiger partial charge in [0.25, 0.3) is 0 Å². The average Bonchev–Trinajstić information content (AvgIpc) is 2.98. The Balaban J connectivity index is 2.44. The fraction of sp³-hybridized carbons (Fsp3) is 1.00. The molecule has 16 heavy (non-hydrogen) atoms. The fourth-order valence-corrected chi connectivity index (χ4v) is 2.36. The predicted octanol–water partition coefficient (Wildman–Crippen LogP) is 3.03. The van der Waals surface area contributed by atoms with Crippen LogP contribution in [0.2, 0.25) is 0 Å². The van der Waals surface area contributed by atoms with Crippen molar-refractivity contribution in [3.05, 3.63) is 0 Å². The van der Waals surface area contributed by atoms with Gasteiger partial charge < -0.3 is 5.32 Å². The zero-order valence-corrected chi connectivity index (χ0v) is 11.8. The maximum absolute atomic E-state index is 3.66. The first-order valence-electron chi connectivity index (χ1n) is 6.98. The Bertz CT molecular complexity index is 191. The van der Waals surface area contributed by atoms with Gasteiger partial charge in [-0.3, -0.25) is 4.90 Å². The van der Waals surface area contributed by atoms with Crippen LogP contribution < -0.4 is 5.32 Å². The molecule has 1 unspecified atom stereocenters. The molecule has 0 aromatic rings. The van der Waals surface area contributed by atoms with Gasteiger partial charge in [-0.2, -0.15) is 0 Å². The van der Waals surface area contributed by atoms with Crippen LogP contribution >= 0.6 is 0 Å². The minimum atomic E-state index is 0.245. The second-order valence-electron chi connectivity index (χ2n) is 6.14. The van der Waals surface area contributed by atoms with E-state index in [1.54, 1.807) is 0 Å². The molecule has 1 saturated carbocycles. The summed E-state index contributed by atoms with van der Waals surface area (Å²) in [4.78, 5) is 2.71. The Labute approximate surface area is 102 Å². The van der Waals surface area contributed by atoms with Gasteiger partial charge >= 0.3 is 0 Å². The Morgan fingerprint density at radius 3 is 2.25 bits per heavy atom. The highest BCUT2D eigenvalue weighted by atomic mass is 15.2. The molecule has 1 rings (SSSR count). The molecule has 1 aliphatic rings. The van der Waals surface area contributed by atoms with Gasteiger partial charge in [-0.15, -0.1) is 0 Å². The quantitative estimate of drug-likeness (QED) is 0.718. The zero-order chi connectivity index (χ0) is 12.2. The Hall–Kier alpha value is -0.0800. The number of nitrogens with zero attached hydrogens (tertiary/aromatic N) is 1. The molecular weight excluding hydrogens is 196 g/mol. The van der Waals surface area contributed by atoms with E-state index in [0.717, 1.165) is 18.6 Å². The van der Waals surface area contributed by atoms with Gasteiger partial charge in [0.05, 0.1) is 0 Å². The van der Waals surface area contributed by atoms with Crippen LogP contribution in [0, 0.1) is 0 Å². The van der Waals surface area contributed by atoms with Crippen molar-refractivity contribution in [1.29, 1.82) is 0 Å². The Morgan fingerprint density at radius 1 is 1.25 bits per heavy atom. The molecule has 1 N–H and O–H groups in total. The molecule has 0 spiro atoms. The van der Waals surface area contributed by atoms with E-state index in [0.29, 0.717) is 0 Å². The molecule has 1 aliphatic carbocycles. The maximum atomic E-state index is 3.66. The third kappa shape index (κ3) is 4.84. The fourth-order valence-electron chi connectivity index (χ4n) is 2.36. The first-order valence-corrected chi connectivity index (χ1v) is 6.98. The Morgan fingerprint density at radius 2 is 1.88 bits per heavy atom. The number of rotatable bonds is 7. The van der Waals surface area contributed by atoms with Crippen LogP contribution in [-0.4, -0.2) is 35.6 Å². The van der Waals surface area contributed by atoms with Crippen molar-refractivity contribution in [1.82, 2.24) is 10.2 Å². The lowest BCUT2D eigenvalue weighted by atomic mass is 10.1. The van der Waals surface area contributed by atoms with E-state index in [1.165, 1.54) is 32.2 Å². The molecule has 0 amide bonds. The minimum absolute atomic E-state index is 0.245. The molecule has 0 heterocycles. The first kappa shape index (κ1) is 14.0. The lowest BCUT2D eigenvalue weighted by Crippen LogP contribution is -2.48. The normalized spacial score (nSPS) is 19.1. The number of hydrogen-bond acceptors (Lipinski definition) is 2. The summed E-state index contributed by atoms with van der Waals surface area (Å²) in [5.74, 6) is 0. The highest BCUT2D eigenvalue weighted by molar-refractivity contribution is 4.89. The maximum Gasteiger partial charge on any atom is 0.0223 e. The smallest absolute Gasteiger partial charge is 0.0223 e. The molecule has 2 nitrogen and oxygen atoms in total. The predicted molar refractivity (Wildman–Crippen MR) is 71.9 cm³/mol. The van der Waals surface area contributed by atoms with Crippen LogP contribution in [0.5, 0.6) is 0 Å². The lowest BCUT2D eigenvalue weighted by molar-refractivity contribution is 0.171. The molecule has 0 aromatic carbocycles. The van der Waals surface area contributed by atoms with Gasteiger partial charge in [0.15, 0.2) is 0 Å². The van der Waals surface area contributed by atoms with Crippen LogP contribution in [0.15, 0.2) is 0 Å². The number of nitrogens with one attached hydrogen (secondary N) is 1. The third-order valence-corrected chi connectivity index (χ3v) is 3.34. The van der Waals surface area contributed by atoms with Crippen molar-refractivity contribution in [2.45, 2.75) is 77.9 Å². The topological polar surface area (TPSA) is 15.3 Å². The van der Waals surface area contributed by atoms with Gasteiger partial charge in [-0.1, -0.05) is 20.3 Å². The van der Waals surface area contributed by atoms with Crippen LogP contribution in [0.4, 0.5) is 0 Å². The zero-order valence-electron chi connectivity index (χ0n) is 11.8. The number of likely N-dealkylation sites (N-methyl/N-ethyl adjacent to an activating group) is 1. The highest BCUT2D eigenvalue weighted by Crippen LogP contribution is 2.29. The molecule has 0 bridgehead atoms. The monoisotopic (exact) mass is 226 g/mol. The SMILES string of the molecule is CCCC(CNC(C)(C)C)N(CC)C1CC1. The van der Waals surface area contributed by atoms with Gasteiger partial charge in [-0.25, -0.2) is 0 Å². The molecule has 96 valence electrons. The molecule has 0 saturated heterocycles. The van der Waals surface area contributed by atoms with Crippen LogP contribution in [-0.2, 0) is 0 Å². The van der Waals surface area contributed by atoms with Crippen LogP contribution in [0.3, 0.4) is 0 Å². The molecule has 2 heteroatoms. The molecular formula is C14H30N2. The van der Waals surface area contributed by atoms with E-state index in [2.05, 4.69) is 44.8 Å². The molecule has 1 fully saturated rings. The summed E-state index contributed by atoms with van der Waals surface area (Å²) in [6, 6.07) is 1.63. The van der Waals surface area contributed by atoms with Crippen LogP contribution in [0.25, 0.3) is 0 Å². The van der Waals surface area contributed by atoms with Crippen molar-refractivity contribution in [2.24, 2.45) is 0 Å². The van der Waals surface area contributed by atoms with Gasteiger partial charge in [0, 0.05) is 24.2 Å². The summed E-state index contributed by atoms with van der Waals surface area (Å²) in [6.07, 6.45) is 5.46. The summed E-state index contributed by atoms with van der Waals surface area (Å²) in [5, 5.41) is 3.66. The molecule has 0 aliphatic heterocycles. The lowest BCUT2D eigenvalue weighted by Gasteiger charge is -2.33. The van der Waals surface area contributed by atoms with E-state index >= 15 is 0 Å². The van der Waals surface area contributed by atoms with Crippen molar-refractivity contribution in [3.63, 3.8) is 0 Å². The minimum Gasteiger partial charge on any atom is -0.311 e. The van der Waals surface area contributed by atoms with E-state index in [9.17, 15) is 0 Å². The summed E-state index contributed by atoms with van der Waals surface area (Å²) in [5.41, 5.74) is 0.245. The first-order chi connectivity index (χ1) is 7.48. The van der Waals surface area contributed by atoms with Crippen molar-refractivity contribution >= 4 is 0 Å². The summed E-state index contributed by atoms with van der Waals surface area (Å²) in [7, 11) is 0. The average molecular weight is 226 g/mol.